The average Bonchev–Trinajstić information content (AvgIpc) is 2.39. The van der Waals surface area contributed by atoms with Crippen LogP contribution in [0.4, 0.5) is 0 Å². The summed E-state index contributed by atoms with van der Waals surface area (Å²) >= 11 is 1.61. The van der Waals surface area contributed by atoms with E-state index < -0.39 is 0 Å². The molecule has 106 valence electrons. The molecule has 0 bridgehead atoms. The van der Waals surface area contributed by atoms with Crippen LogP contribution >= 0.6 is 11.8 Å². The molecule has 1 atom stereocenters. The Morgan fingerprint density at radius 3 is 2.35 bits per heavy atom. The molecule has 20 heavy (non-hydrogen) atoms. The van der Waals surface area contributed by atoms with Crippen molar-refractivity contribution >= 4 is 23.1 Å². The molecule has 0 amide bonds. The maximum absolute atomic E-state index is 11.5. The molecule has 0 N–H and O–H groups in total. The third kappa shape index (κ3) is 4.24. The number of hydrogen-bond donors (Lipinski definition) is 0. The zero-order valence-electron chi connectivity index (χ0n) is 12.7. The van der Waals surface area contributed by atoms with Crippen molar-refractivity contribution in [1.29, 1.82) is 0 Å². The van der Waals surface area contributed by atoms with Gasteiger partial charge in [0, 0.05) is 11.5 Å². The number of rotatable bonds is 6. The van der Waals surface area contributed by atoms with Gasteiger partial charge in [-0.15, -0.1) is 0 Å². The number of thioether (sulfide) groups is 1. The largest absolute Gasteiger partial charge is 0.295 e. The van der Waals surface area contributed by atoms with Crippen LogP contribution in [-0.4, -0.2) is 5.78 Å². The summed E-state index contributed by atoms with van der Waals surface area (Å²) in [6, 6.07) is 7.77. The van der Waals surface area contributed by atoms with Gasteiger partial charge in [0.2, 0.25) is 0 Å². The van der Waals surface area contributed by atoms with E-state index in [1.807, 2.05) is 38.1 Å². The highest BCUT2D eigenvalue weighted by molar-refractivity contribution is 8.06. The monoisotopic (exact) mass is 286 g/mol. The summed E-state index contributed by atoms with van der Waals surface area (Å²) in [5.41, 5.74) is 3.01. The molecule has 0 aliphatic rings. The smallest absolute Gasteiger partial charge is 0.159 e. The first-order valence-electron chi connectivity index (χ1n) is 6.66. The number of carbonyl (C=O) groups is 1. The number of hydrogen-bond acceptors (Lipinski definition) is 2. The second kappa shape index (κ2) is 7.30. The lowest BCUT2D eigenvalue weighted by Gasteiger charge is -2.19. The number of Topliss-reactive ketones (excluding diaryl/α,β-unsaturated/α-hetero) is 1. The van der Waals surface area contributed by atoms with Gasteiger partial charge < -0.3 is 0 Å². The van der Waals surface area contributed by atoms with Gasteiger partial charge in [-0.05, 0) is 47.8 Å². The van der Waals surface area contributed by atoms with Crippen molar-refractivity contribution in [3.63, 3.8) is 0 Å². The number of allylic oxidation sites excluding steroid dienone is 4. The van der Waals surface area contributed by atoms with Crippen LogP contribution < -0.4 is 0 Å². The highest BCUT2D eigenvalue weighted by Gasteiger charge is 2.15. The van der Waals surface area contributed by atoms with Crippen LogP contribution in [-0.2, 0) is 0 Å². The summed E-state index contributed by atoms with van der Waals surface area (Å²) in [5.74, 6) is 0.300. The molecule has 0 heterocycles. The third-order valence-electron chi connectivity index (χ3n) is 3.17. The van der Waals surface area contributed by atoms with Crippen LogP contribution in [0.5, 0.6) is 0 Å². The Morgan fingerprint density at radius 1 is 1.25 bits per heavy atom. The second-order valence-corrected chi connectivity index (χ2v) is 6.30. The summed E-state index contributed by atoms with van der Waals surface area (Å²) in [6.45, 7) is 15.8. The van der Waals surface area contributed by atoms with Crippen LogP contribution in [0, 0.1) is 5.92 Å². The van der Waals surface area contributed by atoms with E-state index in [0.717, 1.165) is 20.9 Å². The molecule has 0 spiro atoms. The van der Waals surface area contributed by atoms with E-state index in [1.54, 1.807) is 18.7 Å². The molecule has 0 aliphatic carbocycles. The lowest BCUT2D eigenvalue weighted by molar-refractivity contribution is 0.101. The van der Waals surface area contributed by atoms with Crippen molar-refractivity contribution in [3.8, 4) is 0 Å². The normalized spacial score (nSPS) is 12.9. The van der Waals surface area contributed by atoms with Gasteiger partial charge in [-0.25, -0.2) is 0 Å². The first-order chi connectivity index (χ1) is 9.36. The van der Waals surface area contributed by atoms with Crippen LogP contribution in [0.1, 0.15) is 43.6 Å². The SMILES string of the molecule is C=C(C)SC(=C)C(C)/C(=C\C)c1cccc(C(C)=O)c1. The number of ketones is 1. The lowest BCUT2D eigenvalue weighted by atomic mass is 9.92. The van der Waals surface area contributed by atoms with Crippen LogP contribution in [0.2, 0.25) is 0 Å². The Morgan fingerprint density at radius 2 is 1.85 bits per heavy atom. The topological polar surface area (TPSA) is 17.1 Å². The van der Waals surface area contributed by atoms with Crippen LogP contribution in [0.15, 0.2) is 53.3 Å². The van der Waals surface area contributed by atoms with E-state index >= 15 is 0 Å². The molecular weight excluding hydrogens is 264 g/mol. The van der Waals surface area contributed by atoms with E-state index in [-0.39, 0.29) is 11.7 Å². The van der Waals surface area contributed by atoms with Crippen molar-refractivity contribution in [1.82, 2.24) is 0 Å². The molecule has 1 rings (SSSR count). The summed E-state index contributed by atoms with van der Waals surface area (Å²) in [7, 11) is 0. The first-order valence-corrected chi connectivity index (χ1v) is 7.48. The minimum Gasteiger partial charge on any atom is -0.295 e. The molecule has 2 heteroatoms. The van der Waals surface area contributed by atoms with Gasteiger partial charge in [0.1, 0.15) is 0 Å². The molecule has 0 saturated carbocycles. The predicted octanol–water partition coefficient (Wildman–Crippen LogP) is 5.71. The van der Waals surface area contributed by atoms with Gasteiger partial charge in [-0.1, -0.05) is 56.1 Å². The Labute approximate surface area is 126 Å². The molecule has 0 radical (unpaired) electrons. The summed E-state index contributed by atoms with van der Waals surface area (Å²) < 4.78 is 0. The molecule has 0 saturated heterocycles. The van der Waals surface area contributed by atoms with Gasteiger partial charge in [0.15, 0.2) is 5.78 Å². The molecule has 1 nitrogen and oxygen atoms in total. The standard InChI is InChI=1S/C18H22OS/c1-7-18(13(4)15(6)20-12(2)3)17-10-8-9-16(11-17)14(5)19/h7-11,13H,2,6H2,1,3-5H3/b18-7+. The number of benzene rings is 1. The second-order valence-electron chi connectivity index (χ2n) is 4.87. The van der Waals surface area contributed by atoms with Crippen molar-refractivity contribution in [3.05, 3.63) is 64.4 Å². The van der Waals surface area contributed by atoms with Crippen LogP contribution in [0.3, 0.4) is 0 Å². The summed E-state index contributed by atoms with van der Waals surface area (Å²) in [5, 5.41) is 0. The fourth-order valence-corrected chi connectivity index (χ4v) is 2.82. The van der Waals surface area contributed by atoms with Crippen molar-refractivity contribution < 1.29 is 4.79 Å². The summed E-state index contributed by atoms with van der Waals surface area (Å²) in [4.78, 5) is 13.6. The number of carbonyl (C=O) groups excluding carboxylic acids is 1. The minimum absolute atomic E-state index is 0.0880. The predicted molar refractivity (Wildman–Crippen MR) is 90.8 cm³/mol. The molecule has 1 aromatic rings. The van der Waals surface area contributed by atoms with Gasteiger partial charge in [-0.2, -0.15) is 0 Å². The lowest BCUT2D eigenvalue weighted by Crippen LogP contribution is -2.01. The van der Waals surface area contributed by atoms with E-state index in [0.29, 0.717) is 0 Å². The highest BCUT2D eigenvalue weighted by Crippen LogP contribution is 2.36. The maximum Gasteiger partial charge on any atom is 0.159 e. The van der Waals surface area contributed by atoms with Gasteiger partial charge in [0.05, 0.1) is 0 Å². The van der Waals surface area contributed by atoms with E-state index in [4.69, 9.17) is 0 Å². The Kier molecular flexibility index (Phi) is 6.03. The molecule has 1 unspecified atom stereocenters. The zero-order valence-corrected chi connectivity index (χ0v) is 13.5. The molecule has 0 aromatic heterocycles. The Balaban J connectivity index is 3.08. The van der Waals surface area contributed by atoms with Gasteiger partial charge in [0.25, 0.3) is 0 Å². The fraction of sp³-hybridized carbons (Fsp3) is 0.278. The maximum atomic E-state index is 11.5. The van der Waals surface area contributed by atoms with Gasteiger partial charge >= 0.3 is 0 Å². The molecule has 0 fully saturated rings. The minimum atomic E-state index is 0.0880. The summed E-state index contributed by atoms with van der Waals surface area (Å²) in [6.07, 6.45) is 2.09. The van der Waals surface area contributed by atoms with Crippen molar-refractivity contribution in [2.24, 2.45) is 5.92 Å². The molecule has 0 aliphatic heterocycles. The van der Waals surface area contributed by atoms with Crippen LogP contribution in [0.25, 0.3) is 5.57 Å². The molecule has 1 aromatic carbocycles. The van der Waals surface area contributed by atoms with Crippen molar-refractivity contribution in [2.75, 3.05) is 0 Å². The third-order valence-corrected chi connectivity index (χ3v) is 4.13. The Bertz CT molecular complexity index is 567. The van der Waals surface area contributed by atoms with E-state index in [1.165, 1.54) is 5.57 Å². The van der Waals surface area contributed by atoms with Gasteiger partial charge in [-0.3, -0.25) is 4.79 Å². The van der Waals surface area contributed by atoms with Crippen molar-refractivity contribution in [2.45, 2.75) is 27.7 Å². The average molecular weight is 286 g/mol. The Hall–Kier alpha value is -1.54. The highest BCUT2D eigenvalue weighted by atomic mass is 32.2. The zero-order chi connectivity index (χ0) is 15.3. The first kappa shape index (κ1) is 16.5. The molecular formula is C18H22OS. The quantitative estimate of drug-likeness (QED) is 0.623. The van der Waals surface area contributed by atoms with E-state index in [9.17, 15) is 4.79 Å². The fourth-order valence-electron chi connectivity index (χ4n) is 2.07. The van der Waals surface area contributed by atoms with E-state index in [2.05, 4.69) is 26.2 Å².